The van der Waals surface area contributed by atoms with E-state index in [1.54, 1.807) is 6.20 Å². The Balaban J connectivity index is 1.78. The maximum atomic E-state index is 12.1. The van der Waals surface area contributed by atoms with Crippen LogP contribution in [-0.4, -0.2) is 20.7 Å². The molecule has 3 aromatic rings. The first-order valence-corrected chi connectivity index (χ1v) is 8.56. The smallest absolute Gasteiger partial charge is 0.221 e. The zero-order valence-electron chi connectivity index (χ0n) is 13.2. The normalized spacial score (nSPS) is 17.2. The molecular formula is C17H17N5OS. The molecule has 0 radical (unpaired) electrons. The third-order valence-corrected chi connectivity index (χ3v) is 5.34. The van der Waals surface area contributed by atoms with Gasteiger partial charge in [-0.05, 0) is 36.2 Å². The molecule has 6 nitrogen and oxygen atoms in total. The van der Waals surface area contributed by atoms with E-state index in [2.05, 4.69) is 34.5 Å². The van der Waals surface area contributed by atoms with Crippen LogP contribution in [0.5, 0.6) is 0 Å². The van der Waals surface area contributed by atoms with E-state index in [0.717, 1.165) is 27.4 Å². The number of carbonyl (C=O) groups excluding carboxylic acids is 1. The topological polar surface area (TPSA) is 85.8 Å². The summed E-state index contributed by atoms with van der Waals surface area (Å²) in [5, 5.41) is 7.71. The van der Waals surface area contributed by atoms with Gasteiger partial charge in [0.2, 0.25) is 5.91 Å². The summed E-state index contributed by atoms with van der Waals surface area (Å²) in [6.45, 7) is 2.51. The molecule has 1 atom stereocenters. The standard InChI is InChI=1S/C17H17N5OS/c1-10-7-11(22-6-2-5-20-22)3-4-12(10)13-8-15(23)19-9-14-16(13)24-17(18)21-14/h2-7,13H,8-9H2,1H3,(H2,18,21)(H,19,23)/t13-/m0/s1. The van der Waals surface area contributed by atoms with Crippen LogP contribution in [0.4, 0.5) is 5.13 Å². The van der Waals surface area contributed by atoms with Gasteiger partial charge in [0, 0.05) is 29.6 Å². The Morgan fingerprint density at radius 3 is 3.04 bits per heavy atom. The van der Waals surface area contributed by atoms with Crippen LogP contribution in [0.1, 0.15) is 34.0 Å². The monoisotopic (exact) mass is 339 g/mol. The van der Waals surface area contributed by atoms with E-state index in [1.165, 1.54) is 11.3 Å². The van der Waals surface area contributed by atoms with E-state index in [1.807, 2.05) is 23.0 Å². The molecule has 7 heteroatoms. The molecule has 0 spiro atoms. The van der Waals surface area contributed by atoms with Crippen LogP contribution < -0.4 is 11.1 Å². The molecule has 122 valence electrons. The average molecular weight is 339 g/mol. The Kier molecular flexibility index (Phi) is 3.57. The number of nitrogens with one attached hydrogen (secondary N) is 1. The van der Waals surface area contributed by atoms with Crippen molar-refractivity contribution in [1.82, 2.24) is 20.1 Å². The number of nitrogens with zero attached hydrogens (tertiary/aromatic N) is 3. The van der Waals surface area contributed by atoms with Crippen LogP contribution in [0.25, 0.3) is 5.69 Å². The lowest BCUT2D eigenvalue weighted by Crippen LogP contribution is -2.21. The number of nitrogen functional groups attached to an aromatic ring is 1. The first-order valence-electron chi connectivity index (χ1n) is 7.74. The van der Waals surface area contributed by atoms with Crippen LogP contribution in [0.3, 0.4) is 0 Å². The number of carbonyl (C=O) groups is 1. The molecule has 3 N–H and O–H groups in total. The van der Waals surface area contributed by atoms with Crippen molar-refractivity contribution in [3.8, 4) is 5.69 Å². The Morgan fingerprint density at radius 2 is 2.29 bits per heavy atom. The Labute approximate surface area is 143 Å². The highest BCUT2D eigenvalue weighted by atomic mass is 32.1. The Hall–Kier alpha value is -2.67. The van der Waals surface area contributed by atoms with Crippen molar-refractivity contribution in [3.05, 3.63) is 58.4 Å². The molecule has 0 saturated carbocycles. The summed E-state index contributed by atoms with van der Waals surface area (Å²) in [5.74, 6) is 0.0308. The number of anilines is 1. The molecule has 24 heavy (non-hydrogen) atoms. The second-order valence-electron chi connectivity index (χ2n) is 5.89. The molecule has 1 aliphatic rings. The highest BCUT2D eigenvalue weighted by Gasteiger charge is 2.28. The van der Waals surface area contributed by atoms with Crippen LogP contribution in [-0.2, 0) is 11.3 Å². The van der Waals surface area contributed by atoms with E-state index in [9.17, 15) is 4.79 Å². The van der Waals surface area contributed by atoms with Crippen molar-refractivity contribution in [2.75, 3.05) is 5.73 Å². The molecule has 0 bridgehead atoms. The number of hydrogen-bond acceptors (Lipinski definition) is 5. The van der Waals surface area contributed by atoms with Gasteiger partial charge in [-0.1, -0.05) is 6.07 Å². The number of benzene rings is 1. The molecule has 0 aliphatic carbocycles. The maximum absolute atomic E-state index is 12.1. The minimum Gasteiger partial charge on any atom is -0.375 e. The largest absolute Gasteiger partial charge is 0.375 e. The number of hydrogen-bond donors (Lipinski definition) is 2. The summed E-state index contributed by atoms with van der Waals surface area (Å²) >= 11 is 1.48. The molecule has 0 unspecified atom stereocenters. The van der Waals surface area contributed by atoms with E-state index >= 15 is 0 Å². The summed E-state index contributed by atoms with van der Waals surface area (Å²) in [7, 11) is 0. The quantitative estimate of drug-likeness (QED) is 0.750. The van der Waals surface area contributed by atoms with Gasteiger partial charge in [-0.3, -0.25) is 4.79 Å². The summed E-state index contributed by atoms with van der Waals surface area (Å²) in [6.07, 6.45) is 4.08. The van der Waals surface area contributed by atoms with Gasteiger partial charge >= 0.3 is 0 Å². The molecule has 3 heterocycles. The number of aromatic nitrogens is 3. The molecule has 4 rings (SSSR count). The first-order chi connectivity index (χ1) is 11.6. The Bertz CT molecular complexity index is 900. The van der Waals surface area contributed by atoms with Crippen LogP contribution >= 0.6 is 11.3 Å². The van der Waals surface area contributed by atoms with Gasteiger partial charge < -0.3 is 11.1 Å². The third-order valence-electron chi connectivity index (χ3n) is 4.30. The zero-order valence-corrected chi connectivity index (χ0v) is 14.0. The molecule has 0 saturated heterocycles. The number of aryl methyl sites for hydroxylation is 1. The number of fused-ring (bicyclic) bond motifs is 1. The van der Waals surface area contributed by atoms with Crippen molar-refractivity contribution in [3.63, 3.8) is 0 Å². The van der Waals surface area contributed by atoms with E-state index in [-0.39, 0.29) is 11.8 Å². The third kappa shape index (κ3) is 2.56. The lowest BCUT2D eigenvalue weighted by Gasteiger charge is -2.17. The predicted octanol–water partition coefficient (Wildman–Crippen LogP) is 2.37. The van der Waals surface area contributed by atoms with E-state index in [0.29, 0.717) is 18.1 Å². The van der Waals surface area contributed by atoms with Crippen LogP contribution in [0.2, 0.25) is 0 Å². The fourth-order valence-corrected chi connectivity index (χ4v) is 4.15. The van der Waals surface area contributed by atoms with Gasteiger partial charge in [0.1, 0.15) is 0 Å². The van der Waals surface area contributed by atoms with Crippen molar-refractivity contribution >= 4 is 22.4 Å². The first kappa shape index (κ1) is 14.9. The average Bonchev–Trinajstić information content (AvgIpc) is 3.18. The molecule has 1 amide bonds. The van der Waals surface area contributed by atoms with Crippen LogP contribution in [0.15, 0.2) is 36.7 Å². The van der Waals surface area contributed by atoms with Gasteiger partial charge in [-0.25, -0.2) is 9.67 Å². The fraction of sp³-hybridized carbons (Fsp3) is 0.235. The number of rotatable bonds is 2. The summed E-state index contributed by atoms with van der Waals surface area (Å²) in [5.41, 5.74) is 10.0. The summed E-state index contributed by atoms with van der Waals surface area (Å²) < 4.78 is 1.83. The van der Waals surface area contributed by atoms with Gasteiger partial charge in [-0.2, -0.15) is 5.10 Å². The van der Waals surface area contributed by atoms with E-state index in [4.69, 9.17) is 5.73 Å². The van der Waals surface area contributed by atoms with Gasteiger partial charge in [0.25, 0.3) is 0 Å². The van der Waals surface area contributed by atoms with Gasteiger partial charge in [-0.15, -0.1) is 11.3 Å². The van der Waals surface area contributed by atoms with Crippen molar-refractivity contribution < 1.29 is 4.79 Å². The second-order valence-corrected chi connectivity index (χ2v) is 6.95. The molecule has 2 aromatic heterocycles. The highest BCUT2D eigenvalue weighted by Crippen LogP contribution is 2.38. The Morgan fingerprint density at radius 1 is 1.42 bits per heavy atom. The van der Waals surface area contributed by atoms with E-state index < -0.39 is 0 Å². The molecule has 1 aliphatic heterocycles. The summed E-state index contributed by atoms with van der Waals surface area (Å²) in [6, 6.07) is 8.10. The molecule has 0 fully saturated rings. The number of nitrogens with two attached hydrogens (primary N) is 1. The molecular weight excluding hydrogens is 322 g/mol. The fourth-order valence-electron chi connectivity index (χ4n) is 3.18. The predicted molar refractivity (Wildman–Crippen MR) is 93.1 cm³/mol. The minimum atomic E-state index is -0.0102. The second kappa shape index (κ2) is 5.76. The SMILES string of the molecule is Cc1cc(-n2cccn2)ccc1[C@@H]1CC(=O)NCc2nc(N)sc21. The van der Waals surface area contributed by atoms with Crippen LogP contribution in [0, 0.1) is 6.92 Å². The summed E-state index contributed by atoms with van der Waals surface area (Å²) in [4.78, 5) is 17.6. The van der Waals surface area contributed by atoms with Gasteiger partial charge in [0.15, 0.2) is 5.13 Å². The number of amides is 1. The lowest BCUT2D eigenvalue weighted by atomic mass is 9.90. The van der Waals surface area contributed by atoms with Crippen molar-refractivity contribution in [1.29, 1.82) is 0 Å². The lowest BCUT2D eigenvalue weighted by molar-refractivity contribution is -0.121. The van der Waals surface area contributed by atoms with Gasteiger partial charge in [0.05, 0.1) is 17.9 Å². The number of thiazole rings is 1. The zero-order chi connectivity index (χ0) is 16.7. The highest BCUT2D eigenvalue weighted by molar-refractivity contribution is 7.15. The van der Waals surface area contributed by atoms with Crippen molar-refractivity contribution in [2.24, 2.45) is 0 Å². The minimum absolute atomic E-state index is 0.0102. The molecule has 1 aromatic carbocycles. The van der Waals surface area contributed by atoms with Crippen molar-refractivity contribution in [2.45, 2.75) is 25.8 Å². The maximum Gasteiger partial charge on any atom is 0.221 e.